The first-order valence-corrected chi connectivity index (χ1v) is 13.3. The second-order valence-corrected chi connectivity index (χ2v) is 10.2. The van der Waals surface area contributed by atoms with E-state index in [1.54, 1.807) is 12.1 Å². The van der Waals surface area contributed by atoms with Crippen molar-refractivity contribution in [2.75, 3.05) is 0 Å². The lowest BCUT2D eigenvalue weighted by molar-refractivity contribution is 0.585. The highest BCUT2D eigenvalue weighted by molar-refractivity contribution is 5.80. The predicted octanol–water partition coefficient (Wildman–Crippen LogP) is 8.54. The fourth-order valence-corrected chi connectivity index (χ4v) is 4.91. The molecule has 200 valence electrons. The van der Waals surface area contributed by atoms with Gasteiger partial charge in [-0.1, -0.05) is 72.8 Å². The summed E-state index contributed by atoms with van der Waals surface area (Å²) >= 11 is 0. The van der Waals surface area contributed by atoms with Gasteiger partial charge in [0.15, 0.2) is 0 Å². The number of aromatic nitrogens is 4. The second kappa shape index (κ2) is 10.8. The number of halogens is 2. The van der Waals surface area contributed by atoms with Crippen LogP contribution in [0.5, 0.6) is 0 Å². The number of pyridine rings is 4. The zero-order valence-electron chi connectivity index (χ0n) is 22.6. The molecule has 0 saturated carbocycles. The Morgan fingerprint density at radius 1 is 0.439 bits per heavy atom. The summed E-state index contributed by atoms with van der Waals surface area (Å²) in [5, 5.41) is 0. The SMILES string of the molecule is CC(C)(c1cccc(-c2ccc(F)nc2-c2ccccc2)n1)c1cccc(-c2ccc(F)nc2-c2ccccc2)n1. The molecule has 6 rings (SSSR count). The third-order valence-electron chi connectivity index (χ3n) is 7.15. The van der Waals surface area contributed by atoms with Crippen molar-refractivity contribution in [1.29, 1.82) is 0 Å². The van der Waals surface area contributed by atoms with E-state index in [-0.39, 0.29) is 0 Å². The molecule has 0 aliphatic heterocycles. The van der Waals surface area contributed by atoms with Crippen molar-refractivity contribution in [2.24, 2.45) is 0 Å². The lowest BCUT2D eigenvalue weighted by Gasteiger charge is -2.25. The van der Waals surface area contributed by atoms with Gasteiger partial charge in [-0.05, 0) is 62.4 Å². The molecule has 4 heterocycles. The molecule has 4 nitrogen and oxygen atoms in total. The number of rotatable bonds is 6. The highest BCUT2D eigenvalue weighted by Crippen LogP contribution is 2.36. The van der Waals surface area contributed by atoms with E-state index in [2.05, 4.69) is 23.8 Å². The largest absolute Gasteiger partial charge is 0.252 e. The van der Waals surface area contributed by atoms with E-state index >= 15 is 0 Å². The maximum atomic E-state index is 14.2. The highest BCUT2D eigenvalue weighted by Gasteiger charge is 2.28. The van der Waals surface area contributed by atoms with Gasteiger partial charge in [-0.2, -0.15) is 8.78 Å². The van der Waals surface area contributed by atoms with Gasteiger partial charge in [-0.25, -0.2) is 9.97 Å². The van der Waals surface area contributed by atoms with Gasteiger partial charge >= 0.3 is 0 Å². The van der Waals surface area contributed by atoms with Gasteiger partial charge in [0.25, 0.3) is 0 Å². The van der Waals surface area contributed by atoms with Gasteiger partial charge in [0, 0.05) is 27.7 Å². The van der Waals surface area contributed by atoms with Crippen molar-refractivity contribution in [3.8, 4) is 45.0 Å². The summed E-state index contributed by atoms with van der Waals surface area (Å²) in [6, 6.07) is 36.8. The Morgan fingerprint density at radius 2 is 0.854 bits per heavy atom. The monoisotopic (exact) mass is 540 g/mol. The van der Waals surface area contributed by atoms with E-state index in [9.17, 15) is 8.78 Å². The number of nitrogens with zero attached hydrogens (tertiary/aromatic N) is 4. The molecule has 0 radical (unpaired) electrons. The molecule has 0 spiro atoms. The minimum Gasteiger partial charge on any atom is -0.252 e. The van der Waals surface area contributed by atoms with Crippen LogP contribution in [0.1, 0.15) is 25.2 Å². The molecule has 0 fully saturated rings. The predicted molar refractivity (Wildman–Crippen MR) is 158 cm³/mol. The van der Waals surface area contributed by atoms with Crippen molar-refractivity contribution in [1.82, 2.24) is 19.9 Å². The van der Waals surface area contributed by atoms with Crippen LogP contribution in [0.3, 0.4) is 0 Å². The average molecular weight is 541 g/mol. The van der Waals surface area contributed by atoms with Crippen LogP contribution in [0.25, 0.3) is 45.0 Å². The zero-order chi connectivity index (χ0) is 28.4. The molecule has 6 heteroatoms. The first-order valence-electron chi connectivity index (χ1n) is 13.3. The van der Waals surface area contributed by atoms with Crippen LogP contribution in [0, 0.1) is 11.9 Å². The minimum absolute atomic E-state index is 0.533. The molecule has 41 heavy (non-hydrogen) atoms. The standard InChI is InChI=1S/C35H26F2N4/c1-35(2,29-17-9-15-27(38-29)25-19-21-31(36)40-33(25)23-11-5-3-6-12-23)30-18-10-16-28(39-30)26-20-22-32(37)41-34(26)24-13-7-4-8-14-24/h3-22H,1-2H3. The van der Waals surface area contributed by atoms with Crippen LogP contribution < -0.4 is 0 Å². The third kappa shape index (κ3) is 5.24. The summed E-state index contributed by atoms with van der Waals surface area (Å²) in [4.78, 5) is 18.4. The first-order chi connectivity index (χ1) is 19.9. The molecular weight excluding hydrogens is 514 g/mol. The van der Waals surface area contributed by atoms with Gasteiger partial charge in [0.05, 0.1) is 34.2 Å². The van der Waals surface area contributed by atoms with E-state index in [1.807, 2.05) is 97.1 Å². The van der Waals surface area contributed by atoms with E-state index in [0.717, 1.165) is 33.6 Å². The molecular formula is C35H26F2N4. The van der Waals surface area contributed by atoms with E-state index in [4.69, 9.17) is 9.97 Å². The smallest absolute Gasteiger partial charge is 0.213 e. The van der Waals surface area contributed by atoms with Crippen LogP contribution in [0.4, 0.5) is 8.78 Å². The maximum absolute atomic E-state index is 14.2. The van der Waals surface area contributed by atoms with Gasteiger partial charge < -0.3 is 0 Å². The lowest BCUT2D eigenvalue weighted by atomic mass is 9.84. The van der Waals surface area contributed by atoms with Crippen molar-refractivity contribution in [3.63, 3.8) is 0 Å². The van der Waals surface area contributed by atoms with E-state index in [0.29, 0.717) is 22.8 Å². The Bertz CT molecular complexity index is 1700. The second-order valence-electron chi connectivity index (χ2n) is 10.2. The lowest BCUT2D eigenvalue weighted by Crippen LogP contribution is -2.22. The number of benzene rings is 2. The number of hydrogen-bond acceptors (Lipinski definition) is 4. The van der Waals surface area contributed by atoms with Crippen molar-refractivity contribution >= 4 is 0 Å². The van der Waals surface area contributed by atoms with Crippen LogP contribution in [0.2, 0.25) is 0 Å². The third-order valence-corrected chi connectivity index (χ3v) is 7.15. The first kappa shape index (κ1) is 26.1. The Kier molecular flexibility index (Phi) is 6.89. The average Bonchev–Trinajstić information content (AvgIpc) is 3.02. The summed E-state index contributed by atoms with van der Waals surface area (Å²) < 4.78 is 28.4. The van der Waals surface area contributed by atoms with Crippen LogP contribution in [0.15, 0.2) is 121 Å². The van der Waals surface area contributed by atoms with Gasteiger partial charge in [0.1, 0.15) is 0 Å². The summed E-state index contributed by atoms with van der Waals surface area (Å²) in [5.41, 5.74) is 6.54. The van der Waals surface area contributed by atoms with E-state index < -0.39 is 17.3 Å². The maximum Gasteiger partial charge on any atom is 0.213 e. The van der Waals surface area contributed by atoms with Crippen molar-refractivity contribution in [2.45, 2.75) is 19.3 Å². The van der Waals surface area contributed by atoms with E-state index in [1.165, 1.54) is 12.1 Å². The zero-order valence-corrected chi connectivity index (χ0v) is 22.6. The van der Waals surface area contributed by atoms with Crippen LogP contribution >= 0.6 is 0 Å². The van der Waals surface area contributed by atoms with Crippen LogP contribution in [-0.2, 0) is 5.41 Å². The molecule has 4 aromatic heterocycles. The summed E-state index contributed by atoms with van der Waals surface area (Å²) in [6.07, 6.45) is 0. The molecule has 0 bridgehead atoms. The van der Waals surface area contributed by atoms with Crippen molar-refractivity contribution in [3.05, 3.63) is 145 Å². The molecule has 0 unspecified atom stereocenters. The minimum atomic E-state index is -0.591. The Balaban J connectivity index is 1.42. The molecule has 2 aromatic carbocycles. The van der Waals surface area contributed by atoms with Crippen molar-refractivity contribution < 1.29 is 8.78 Å². The Labute approximate surface area is 237 Å². The topological polar surface area (TPSA) is 51.6 Å². The Morgan fingerprint density at radius 3 is 1.27 bits per heavy atom. The molecule has 0 aliphatic carbocycles. The summed E-state index contributed by atoms with van der Waals surface area (Å²) in [6.45, 7) is 4.13. The summed E-state index contributed by atoms with van der Waals surface area (Å²) in [5.74, 6) is -1.09. The Hall–Kier alpha value is -5.10. The fraction of sp³-hybridized carbons (Fsp3) is 0.0857. The van der Waals surface area contributed by atoms with Gasteiger partial charge in [-0.15, -0.1) is 0 Å². The van der Waals surface area contributed by atoms with Gasteiger partial charge in [-0.3, -0.25) is 9.97 Å². The molecule has 0 aliphatic rings. The number of hydrogen-bond donors (Lipinski definition) is 0. The quantitative estimate of drug-likeness (QED) is 0.199. The van der Waals surface area contributed by atoms with Gasteiger partial charge in [0.2, 0.25) is 11.9 Å². The molecule has 0 amide bonds. The molecule has 0 saturated heterocycles. The summed E-state index contributed by atoms with van der Waals surface area (Å²) in [7, 11) is 0. The fourth-order valence-electron chi connectivity index (χ4n) is 4.91. The van der Waals surface area contributed by atoms with Crippen LogP contribution in [-0.4, -0.2) is 19.9 Å². The molecule has 0 atom stereocenters. The highest BCUT2D eigenvalue weighted by atomic mass is 19.1. The molecule has 6 aromatic rings. The molecule has 0 N–H and O–H groups in total. The normalized spacial score (nSPS) is 11.4.